The van der Waals surface area contributed by atoms with Crippen LogP contribution in [0.4, 0.5) is 18.9 Å². The van der Waals surface area contributed by atoms with Gasteiger partial charge in [-0.3, -0.25) is 14.4 Å². The first-order valence-electron chi connectivity index (χ1n) is 10.6. The van der Waals surface area contributed by atoms with Crippen molar-refractivity contribution >= 4 is 33.3 Å². The van der Waals surface area contributed by atoms with E-state index in [1.165, 1.54) is 19.1 Å². The Morgan fingerprint density at radius 3 is 2.21 bits per heavy atom. The smallest absolute Gasteiger partial charge is 0.326 e. The lowest BCUT2D eigenvalue weighted by Crippen LogP contribution is -2.66. The molecule has 1 aliphatic carbocycles. The van der Waals surface area contributed by atoms with Crippen LogP contribution in [-0.2, 0) is 24.4 Å². The van der Waals surface area contributed by atoms with Crippen LogP contribution >= 0.6 is 0 Å². The van der Waals surface area contributed by atoms with E-state index < -0.39 is 55.2 Å². The van der Waals surface area contributed by atoms with Gasteiger partial charge >= 0.3 is 6.18 Å². The van der Waals surface area contributed by atoms with E-state index in [9.17, 15) is 36.0 Å². The molecule has 1 atom stereocenters. The molecule has 186 valence electrons. The molecule has 34 heavy (non-hydrogen) atoms. The van der Waals surface area contributed by atoms with Crippen molar-refractivity contribution in [2.45, 2.75) is 63.6 Å². The predicted octanol–water partition coefficient (Wildman–Crippen LogP) is 3.12. The molecule has 1 aromatic carbocycles. The molecule has 0 radical (unpaired) electrons. The number of nitrogens with one attached hydrogen (secondary N) is 2. The number of halogens is 3. The van der Waals surface area contributed by atoms with Gasteiger partial charge in [0.05, 0.1) is 10.5 Å². The van der Waals surface area contributed by atoms with E-state index in [0.717, 1.165) is 17.0 Å². The fourth-order valence-electron chi connectivity index (χ4n) is 4.43. The Kier molecular flexibility index (Phi) is 6.46. The van der Waals surface area contributed by atoms with Crippen molar-refractivity contribution in [3.8, 4) is 0 Å². The van der Waals surface area contributed by atoms with E-state index >= 15 is 0 Å². The van der Waals surface area contributed by atoms with Crippen LogP contribution in [0.3, 0.4) is 0 Å². The van der Waals surface area contributed by atoms with Crippen molar-refractivity contribution in [2.75, 3.05) is 11.9 Å². The van der Waals surface area contributed by atoms with Crippen molar-refractivity contribution in [1.29, 1.82) is 0 Å². The second-order valence-electron chi connectivity index (χ2n) is 9.28. The van der Waals surface area contributed by atoms with Gasteiger partial charge in [0.2, 0.25) is 21.5 Å². The van der Waals surface area contributed by atoms with Crippen molar-refractivity contribution < 1.29 is 36.0 Å². The van der Waals surface area contributed by atoms with Crippen molar-refractivity contribution in [2.24, 2.45) is 5.41 Å². The molecule has 2 aliphatic rings. The molecule has 0 spiro atoms. The molecule has 1 aliphatic heterocycles. The van der Waals surface area contributed by atoms with E-state index in [2.05, 4.69) is 5.32 Å². The molecule has 1 unspecified atom stereocenters. The molecular formula is C22H26F3N3O5S. The first kappa shape index (κ1) is 25.9. The number of hydrogen-bond donors (Lipinski definition) is 2. The third-order valence-electron chi connectivity index (χ3n) is 5.76. The summed E-state index contributed by atoms with van der Waals surface area (Å²) in [5.74, 6) is -2.87. The summed E-state index contributed by atoms with van der Waals surface area (Å²) in [6, 6.07) is 4.41. The number of Topliss-reactive ketones (excluding diaryl/α,β-unsaturated/α-hetero) is 1. The molecule has 1 aromatic rings. The van der Waals surface area contributed by atoms with Crippen molar-refractivity contribution in [3.05, 3.63) is 35.5 Å². The number of nitrogens with zero attached hydrogens (tertiary/aromatic N) is 1. The van der Waals surface area contributed by atoms with Crippen LogP contribution in [0.1, 0.15) is 47.0 Å². The fraction of sp³-hybridized carbons (Fsp3) is 0.500. The minimum atomic E-state index is -5.42. The summed E-state index contributed by atoms with van der Waals surface area (Å²) in [6.07, 6.45) is -5.36. The molecule has 0 saturated carbocycles. The largest absolute Gasteiger partial charge is 0.421 e. The standard InChI is InChI=1S/C22H26F3N3O5S/c1-5-10-28-16-11-20(3,4)12-17(30)18(16)21(19(28)31,22(23,24)25)27-34(32,33)15-8-6-14(7-9-15)26-13(2)29/h6-9,27H,5,10-12H2,1-4H3,(H,26,29). The lowest BCUT2D eigenvalue weighted by atomic mass is 9.72. The number of anilines is 1. The lowest BCUT2D eigenvalue weighted by Gasteiger charge is -2.35. The number of sulfonamides is 1. The van der Waals surface area contributed by atoms with Crippen LogP contribution in [0, 0.1) is 5.41 Å². The third-order valence-corrected chi connectivity index (χ3v) is 7.23. The molecule has 3 rings (SSSR count). The number of hydrogen-bond acceptors (Lipinski definition) is 5. The van der Waals surface area contributed by atoms with Gasteiger partial charge in [0.15, 0.2) is 5.78 Å². The number of allylic oxidation sites excluding steroid dienone is 1. The molecule has 0 saturated heterocycles. The fourth-order valence-corrected chi connectivity index (χ4v) is 5.75. The third kappa shape index (κ3) is 4.36. The topological polar surface area (TPSA) is 113 Å². The molecule has 2 N–H and O–H groups in total. The lowest BCUT2D eigenvalue weighted by molar-refractivity contribution is -0.188. The summed E-state index contributed by atoms with van der Waals surface area (Å²) in [5.41, 5.74) is -5.12. The number of ketones is 1. The van der Waals surface area contributed by atoms with Crippen LogP contribution in [0.25, 0.3) is 0 Å². The molecule has 1 heterocycles. The van der Waals surface area contributed by atoms with Gasteiger partial charge in [-0.2, -0.15) is 17.9 Å². The van der Waals surface area contributed by atoms with Gasteiger partial charge in [-0.25, -0.2) is 8.42 Å². The summed E-state index contributed by atoms with van der Waals surface area (Å²) in [5, 5.41) is 2.42. The maximum absolute atomic E-state index is 14.7. The average molecular weight is 502 g/mol. The highest BCUT2D eigenvalue weighted by Crippen LogP contribution is 2.52. The Labute approximate surface area is 195 Å². The Bertz CT molecular complexity index is 1170. The summed E-state index contributed by atoms with van der Waals surface area (Å²) in [6.45, 7) is 6.22. The zero-order chi connectivity index (χ0) is 25.7. The van der Waals surface area contributed by atoms with E-state index in [1.807, 2.05) is 0 Å². The van der Waals surface area contributed by atoms with E-state index in [1.54, 1.807) is 25.5 Å². The number of rotatable bonds is 6. The van der Waals surface area contributed by atoms with Crippen LogP contribution in [-0.4, -0.2) is 49.2 Å². The highest BCUT2D eigenvalue weighted by Gasteiger charge is 2.72. The summed E-state index contributed by atoms with van der Waals surface area (Å²) in [4.78, 5) is 37.8. The second-order valence-corrected chi connectivity index (χ2v) is 11.0. The molecule has 8 nitrogen and oxygen atoms in total. The highest BCUT2D eigenvalue weighted by molar-refractivity contribution is 7.89. The Morgan fingerprint density at radius 2 is 1.71 bits per heavy atom. The van der Waals surface area contributed by atoms with E-state index in [0.29, 0.717) is 6.42 Å². The van der Waals surface area contributed by atoms with Crippen molar-refractivity contribution in [1.82, 2.24) is 9.62 Å². The number of amides is 2. The highest BCUT2D eigenvalue weighted by atomic mass is 32.2. The van der Waals surface area contributed by atoms with Gasteiger partial charge in [-0.15, -0.1) is 0 Å². The summed E-state index contributed by atoms with van der Waals surface area (Å²) >= 11 is 0. The van der Waals surface area contributed by atoms with Gasteiger partial charge in [0.1, 0.15) is 0 Å². The number of alkyl halides is 3. The van der Waals surface area contributed by atoms with Crippen molar-refractivity contribution in [3.63, 3.8) is 0 Å². The minimum Gasteiger partial charge on any atom is -0.326 e. The first-order chi connectivity index (χ1) is 15.6. The molecule has 0 aromatic heterocycles. The Morgan fingerprint density at radius 1 is 1.12 bits per heavy atom. The molecular weight excluding hydrogens is 475 g/mol. The average Bonchev–Trinajstić information content (AvgIpc) is 2.90. The quantitative estimate of drug-likeness (QED) is 0.622. The van der Waals surface area contributed by atoms with E-state index in [-0.39, 0.29) is 30.8 Å². The number of carbonyl (C=O) groups is 3. The SMILES string of the molecule is CCCN1C(=O)C(NS(=O)(=O)c2ccc(NC(C)=O)cc2)(C(F)(F)F)C2=C1CC(C)(C)CC2=O. The van der Waals surface area contributed by atoms with Gasteiger partial charge in [-0.1, -0.05) is 20.8 Å². The van der Waals surface area contributed by atoms with Crippen LogP contribution in [0.15, 0.2) is 40.4 Å². The predicted molar refractivity (Wildman–Crippen MR) is 117 cm³/mol. The van der Waals surface area contributed by atoms with Gasteiger partial charge in [0.25, 0.3) is 5.91 Å². The maximum atomic E-state index is 14.7. The first-order valence-corrected chi connectivity index (χ1v) is 12.1. The zero-order valence-electron chi connectivity index (χ0n) is 19.2. The van der Waals surface area contributed by atoms with Gasteiger partial charge in [0, 0.05) is 31.3 Å². The zero-order valence-corrected chi connectivity index (χ0v) is 20.0. The molecule has 0 fully saturated rings. The van der Waals surface area contributed by atoms with Gasteiger partial charge in [-0.05, 0) is 42.5 Å². The minimum absolute atomic E-state index is 0.0186. The van der Waals surface area contributed by atoms with Crippen LogP contribution < -0.4 is 10.0 Å². The Hall–Kier alpha value is -2.73. The van der Waals surface area contributed by atoms with E-state index in [4.69, 9.17) is 0 Å². The molecule has 12 heteroatoms. The maximum Gasteiger partial charge on any atom is 0.421 e. The number of benzene rings is 1. The summed E-state index contributed by atoms with van der Waals surface area (Å²) in [7, 11) is -4.92. The number of carbonyl (C=O) groups excluding carboxylic acids is 3. The normalized spacial score (nSPS) is 22.7. The van der Waals surface area contributed by atoms with Crippen LogP contribution in [0.2, 0.25) is 0 Å². The van der Waals surface area contributed by atoms with Gasteiger partial charge < -0.3 is 10.2 Å². The van der Waals surface area contributed by atoms with Crippen LogP contribution in [0.5, 0.6) is 0 Å². The Balaban J connectivity index is 2.16. The monoisotopic (exact) mass is 501 g/mol. The second kappa shape index (κ2) is 8.49. The summed E-state index contributed by atoms with van der Waals surface area (Å²) < 4.78 is 71.7. The molecule has 0 bridgehead atoms. The molecule has 2 amide bonds.